The van der Waals surface area contributed by atoms with Crippen molar-refractivity contribution in [1.82, 2.24) is 0 Å². The Morgan fingerprint density at radius 2 is 2.00 bits per heavy atom. The molecular formula is C16H25NO. The summed E-state index contributed by atoms with van der Waals surface area (Å²) in [7, 11) is 1.73. The summed E-state index contributed by atoms with van der Waals surface area (Å²) in [5, 5.41) is 0. The Labute approximate surface area is 111 Å². The molecule has 1 aromatic rings. The Morgan fingerprint density at radius 3 is 2.72 bits per heavy atom. The van der Waals surface area contributed by atoms with E-state index in [0.29, 0.717) is 5.92 Å². The first kappa shape index (κ1) is 13.4. The summed E-state index contributed by atoms with van der Waals surface area (Å²) in [5.74, 6) is 2.28. The number of nitrogens with two attached hydrogens (primary N) is 1. The molecule has 0 amide bonds. The predicted octanol–water partition coefficient (Wildman–Crippen LogP) is 3.39. The summed E-state index contributed by atoms with van der Waals surface area (Å²) in [6.45, 7) is 4.61. The van der Waals surface area contributed by atoms with Crippen molar-refractivity contribution in [1.29, 1.82) is 0 Å². The van der Waals surface area contributed by atoms with Crippen LogP contribution in [0.5, 0.6) is 5.75 Å². The highest BCUT2D eigenvalue weighted by Crippen LogP contribution is 2.38. The van der Waals surface area contributed by atoms with E-state index in [1.54, 1.807) is 7.11 Å². The van der Waals surface area contributed by atoms with Crippen molar-refractivity contribution in [3.05, 3.63) is 29.8 Å². The van der Waals surface area contributed by atoms with E-state index >= 15 is 0 Å². The number of benzene rings is 1. The van der Waals surface area contributed by atoms with Gasteiger partial charge in [-0.3, -0.25) is 0 Å². The first-order valence-electron chi connectivity index (χ1n) is 6.96. The summed E-state index contributed by atoms with van der Waals surface area (Å²) < 4.78 is 5.44. The lowest BCUT2D eigenvalue weighted by atomic mass is 9.67. The van der Waals surface area contributed by atoms with Gasteiger partial charge in [-0.1, -0.05) is 38.5 Å². The summed E-state index contributed by atoms with van der Waals surface area (Å²) in [6, 6.07) is 8.24. The highest BCUT2D eigenvalue weighted by atomic mass is 16.5. The maximum absolute atomic E-state index is 6.69. The fourth-order valence-corrected chi connectivity index (χ4v) is 3.22. The van der Waals surface area contributed by atoms with Gasteiger partial charge >= 0.3 is 0 Å². The molecule has 1 aliphatic rings. The molecular weight excluding hydrogens is 222 g/mol. The first-order valence-corrected chi connectivity index (χ1v) is 6.96. The van der Waals surface area contributed by atoms with Crippen molar-refractivity contribution >= 4 is 0 Å². The van der Waals surface area contributed by atoms with E-state index in [1.807, 2.05) is 12.1 Å². The molecule has 1 fully saturated rings. The van der Waals surface area contributed by atoms with Gasteiger partial charge in [-0.15, -0.1) is 0 Å². The quantitative estimate of drug-likeness (QED) is 0.888. The number of ether oxygens (including phenoxy) is 1. The van der Waals surface area contributed by atoms with Gasteiger partial charge in [0.2, 0.25) is 0 Å². The maximum Gasteiger partial charge on any atom is 0.122 e. The van der Waals surface area contributed by atoms with Gasteiger partial charge in [0.15, 0.2) is 0 Å². The monoisotopic (exact) mass is 247 g/mol. The summed E-state index contributed by atoms with van der Waals surface area (Å²) in [5.41, 5.74) is 7.86. The lowest BCUT2D eigenvalue weighted by Gasteiger charge is -2.42. The van der Waals surface area contributed by atoms with E-state index in [1.165, 1.54) is 18.4 Å². The summed E-state index contributed by atoms with van der Waals surface area (Å²) >= 11 is 0. The number of hydrogen-bond acceptors (Lipinski definition) is 2. The normalized spacial score (nSPS) is 32.2. The largest absolute Gasteiger partial charge is 0.496 e. The Balaban J connectivity index is 2.20. The zero-order valence-electron chi connectivity index (χ0n) is 11.8. The third-order valence-corrected chi connectivity index (χ3v) is 4.51. The number of methoxy groups -OCH3 is 1. The molecule has 100 valence electrons. The van der Waals surface area contributed by atoms with Gasteiger partial charge in [-0.2, -0.15) is 0 Å². The molecule has 0 heterocycles. The zero-order chi connectivity index (χ0) is 13.2. The molecule has 1 aromatic carbocycles. The molecule has 2 rings (SSSR count). The summed E-state index contributed by atoms with van der Waals surface area (Å²) in [4.78, 5) is 0. The second-order valence-electron chi connectivity index (χ2n) is 6.01. The molecule has 0 saturated heterocycles. The van der Waals surface area contributed by atoms with E-state index in [0.717, 1.165) is 24.5 Å². The Kier molecular flexibility index (Phi) is 3.96. The van der Waals surface area contributed by atoms with Crippen molar-refractivity contribution in [3.8, 4) is 5.75 Å². The van der Waals surface area contributed by atoms with E-state index in [2.05, 4.69) is 26.0 Å². The maximum atomic E-state index is 6.69. The minimum Gasteiger partial charge on any atom is -0.496 e. The average molecular weight is 247 g/mol. The Morgan fingerprint density at radius 1 is 1.28 bits per heavy atom. The van der Waals surface area contributed by atoms with Crippen LogP contribution in [0.1, 0.15) is 38.7 Å². The van der Waals surface area contributed by atoms with Crippen LogP contribution in [0.25, 0.3) is 0 Å². The van der Waals surface area contributed by atoms with Crippen molar-refractivity contribution in [2.45, 2.75) is 45.1 Å². The van der Waals surface area contributed by atoms with Crippen molar-refractivity contribution in [2.75, 3.05) is 7.11 Å². The highest BCUT2D eigenvalue weighted by Gasteiger charge is 2.37. The highest BCUT2D eigenvalue weighted by molar-refractivity contribution is 5.35. The fourth-order valence-electron chi connectivity index (χ4n) is 3.22. The van der Waals surface area contributed by atoms with Crippen LogP contribution in [-0.2, 0) is 6.42 Å². The van der Waals surface area contributed by atoms with Crippen LogP contribution >= 0.6 is 0 Å². The van der Waals surface area contributed by atoms with Crippen molar-refractivity contribution in [2.24, 2.45) is 17.6 Å². The minimum atomic E-state index is -0.0771. The van der Waals surface area contributed by atoms with E-state index < -0.39 is 0 Å². The topological polar surface area (TPSA) is 35.2 Å². The Hall–Kier alpha value is -1.02. The average Bonchev–Trinajstić information content (AvgIpc) is 2.35. The molecule has 1 aliphatic carbocycles. The van der Waals surface area contributed by atoms with E-state index in [-0.39, 0.29) is 5.54 Å². The molecule has 2 heteroatoms. The van der Waals surface area contributed by atoms with Crippen LogP contribution in [0, 0.1) is 11.8 Å². The second kappa shape index (κ2) is 5.31. The molecule has 0 spiro atoms. The van der Waals surface area contributed by atoms with Gasteiger partial charge in [0.25, 0.3) is 0 Å². The van der Waals surface area contributed by atoms with Crippen molar-refractivity contribution in [3.63, 3.8) is 0 Å². The molecule has 0 aliphatic heterocycles. The van der Waals surface area contributed by atoms with Crippen LogP contribution < -0.4 is 10.5 Å². The Bertz CT molecular complexity index is 404. The third-order valence-electron chi connectivity index (χ3n) is 4.51. The molecule has 1 saturated carbocycles. The molecule has 0 radical (unpaired) electrons. The third kappa shape index (κ3) is 2.69. The van der Waals surface area contributed by atoms with Crippen LogP contribution in [0.15, 0.2) is 24.3 Å². The number of para-hydroxylation sites is 1. The minimum absolute atomic E-state index is 0.0771. The fraction of sp³-hybridized carbons (Fsp3) is 0.625. The molecule has 0 aromatic heterocycles. The first-order chi connectivity index (χ1) is 8.55. The van der Waals surface area contributed by atoms with Crippen molar-refractivity contribution < 1.29 is 4.74 Å². The van der Waals surface area contributed by atoms with Gasteiger partial charge in [0, 0.05) is 5.54 Å². The molecule has 18 heavy (non-hydrogen) atoms. The van der Waals surface area contributed by atoms with Gasteiger partial charge in [0.1, 0.15) is 5.75 Å². The molecule has 2 nitrogen and oxygen atoms in total. The van der Waals surface area contributed by atoms with Gasteiger partial charge in [0.05, 0.1) is 7.11 Å². The lowest BCUT2D eigenvalue weighted by Crippen LogP contribution is -2.51. The van der Waals surface area contributed by atoms with Crippen LogP contribution in [0.3, 0.4) is 0 Å². The van der Waals surface area contributed by atoms with E-state index in [9.17, 15) is 0 Å². The number of rotatable bonds is 3. The van der Waals surface area contributed by atoms with Gasteiger partial charge in [-0.25, -0.2) is 0 Å². The second-order valence-corrected chi connectivity index (χ2v) is 6.01. The van der Waals surface area contributed by atoms with Crippen LogP contribution in [0.2, 0.25) is 0 Å². The zero-order valence-corrected chi connectivity index (χ0v) is 11.8. The standard InChI is InChI=1S/C16H25NO/c1-12-8-9-13(2)16(17,10-12)11-14-6-4-5-7-15(14)18-3/h4-7,12-13H,8-11,17H2,1-3H3. The van der Waals surface area contributed by atoms with Gasteiger partial charge in [-0.05, 0) is 42.7 Å². The summed E-state index contributed by atoms with van der Waals surface area (Å²) in [6.07, 6.45) is 4.59. The van der Waals surface area contributed by atoms with Gasteiger partial charge < -0.3 is 10.5 Å². The van der Waals surface area contributed by atoms with E-state index in [4.69, 9.17) is 10.5 Å². The SMILES string of the molecule is COc1ccccc1CC1(N)CC(C)CCC1C. The number of hydrogen-bond donors (Lipinski definition) is 1. The molecule has 0 bridgehead atoms. The van der Waals surface area contributed by atoms with Crippen LogP contribution in [-0.4, -0.2) is 12.6 Å². The lowest BCUT2D eigenvalue weighted by molar-refractivity contribution is 0.160. The molecule has 3 unspecified atom stereocenters. The van der Waals surface area contributed by atoms with Crippen LogP contribution in [0.4, 0.5) is 0 Å². The molecule has 2 N–H and O–H groups in total. The smallest absolute Gasteiger partial charge is 0.122 e. The molecule has 3 atom stereocenters. The predicted molar refractivity (Wildman–Crippen MR) is 75.8 cm³/mol.